The van der Waals surface area contributed by atoms with E-state index in [0.29, 0.717) is 5.52 Å². The Labute approximate surface area is 106 Å². The van der Waals surface area contributed by atoms with E-state index >= 15 is 0 Å². The minimum Gasteiger partial charge on any atom is -0.276 e. The Bertz CT molecular complexity index is 725. The molecule has 0 fully saturated rings. The lowest BCUT2D eigenvalue weighted by atomic mass is 10.2. The third-order valence-electron chi connectivity index (χ3n) is 2.66. The van der Waals surface area contributed by atoms with Crippen molar-refractivity contribution in [2.45, 2.75) is 11.8 Å². The first kappa shape index (κ1) is 12.6. The fourth-order valence-corrected chi connectivity index (χ4v) is 3.09. The van der Waals surface area contributed by atoms with Crippen LogP contribution in [0.4, 0.5) is 0 Å². The summed E-state index contributed by atoms with van der Waals surface area (Å²) in [5.41, 5.74) is 1.36. The Hall–Kier alpha value is -1.84. The highest BCUT2D eigenvalue weighted by atomic mass is 32.2. The number of aromatic amines is 1. The SMILES string of the molecule is C#CCN(C)S(=O)(=O)c1cc(C)cc2cn[nH]c12. The van der Waals surface area contributed by atoms with Gasteiger partial charge in [-0.3, -0.25) is 5.10 Å². The van der Waals surface area contributed by atoms with E-state index in [1.165, 1.54) is 7.05 Å². The van der Waals surface area contributed by atoms with Gasteiger partial charge in [0, 0.05) is 12.4 Å². The molecule has 1 N–H and O–H groups in total. The van der Waals surface area contributed by atoms with Crippen LogP contribution in [0.5, 0.6) is 0 Å². The van der Waals surface area contributed by atoms with Crippen molar-refractivity contribution >= 4 is 20.9 Å². The number of terminal acetylenes is 1. The molecule has 0 bridgehead atoms. The third-order valence-corrected chi connectivity index (χ3v) is 4.49. The monoisotopic (exact) mass is 263 g/mol. The van der Waals surface area contributed by atoms with Crippen molar-refractivity contribution in [1.82, 2.24) is 14.5 Å². The Morgan fingerprint density at radius 1 is 1.50 bits per heavy atom. The van der Waals surface area contributed by atoms with Gasteiger partial charge in [-0.1, -0.05) is 5.92 Å². The summed E-state index contributed by atoms with van der Waals surface area (Å²) in [5.74, 6) is 2.32. The molecular formula is C12H13N3O2S. The molecule has 2 aromatic rings. The van der Waals surface area contributed by atoms with Crippen LogP contribution >= 0.6 is 0 Å². The number of hydrogen-bond acceptors (Lipinski definition) is 3. The first-order valence-corrected chi connectivity index (χ1v) is 6.74. The minimum atomic E-state index is -3.60. The number of aromatic nitrogens is 2. The standard InChI is InChI=1S/C12H13N3O2S/c1-4-5-15(3)18(16,17)11-7-9(2)6-10-8-13-14-12(10)11/h1,6-8H,5H2,2-3H3,(H,13,14). The van der Waals surface area contributed by atoms with Crippen LogP contribution < -0.4 is 0 Å². The summed E-state index contributed by atoms with van der Waals surface area (Å²) in [6.07, 6.45) is 6.75. The zero-order chi connectivity index (χ0) is 13.3. The molecule has 18 heavy (non-hydrogen) atoms. The zero-order valence-corrected chi connectivity index (χ0v) is 11.0. The molecule has 6 heteroatoms. The van der Waals surface area contributed by atoms with E-state index in [1.807, 2.05) is 13.0 Å². The molecule has 1 aromatic carbocycles. The van der Waals surface area contributed by atoms with Crippen LogP contribution in [-0.2, 0) is 10.0 Å². The molecule has 0 saturated heterocycles. The van der Waals surface area contributed by atoms with Gasteiger partial charge in [-0.25, -0.2) is 8.42 Å². The Balaban J connectivity index is 2.67. The second-order valence-corrected chi connectivity index (χ2v) is 6.08. The molecule has 1 aromatic heterocycles. The summed E-state index contributed by atoms with van der Waals surface area (Å²) < 4.78 is 25.9. The van der Waals surface area contributed by atoms with Crippen LogP contribution in [0.1, 0.15) is 5.56 Å². The molecule has 94 valence electrons. The molecule has 5 nitrogen and oxygen atoms in total. The summed E-state index contributed by atoms with van der Waals surface area (Å²) in [6, 6.07) is 3.49. The highest BCUT2D eigenvalue weighted by Crippen LogP contribution is 2.24. The molecule has 0 spiro atoms. The van der Waals surface area contributed by atoms with Crippen molar-refractivity contribution in [2.75, 3.05) is 13.6 Å². The zero-order valence-electron chi connectivity index (χ0n) is 10.1. The number of nitrogens with zero attached hydrogens (tertiary/aromatic N) is 2. The summed E-state index contributed by atoms with van der Waals surface area (Å²) >= 11 is 0. The third kappa shape index (κ3) is 1.98. The number of benzene rings is 1. The van der Waals surface area contributed by atoms with Gasteiger partial charge in [0.15, 0.2) is 0 Å². The highest BCUT2D eigenvalue weighted by molar-refractivity contribution is 7.89. The predicted molar refractivity (Wildman–Crippen MR) is 69.5 cm³/mol. The summed E-state index contributed by atoms with van der Waals surface area (Å²) in [6.45, 7) is 1.87. The van der Waals surface area contributed by atoms with Crippen molar-refractivity contribution in [2.24, 2.45) is 0 Å². The van der Waals surface area contributed by atoms with Gasteiger partial charge in [-0.2, -0.15) is 9.40 Å². The van der Waals surface area contributed by atoms with Crippen LogP contribution in [0.15, 0.2) is 23.2 Å². The second kappa shape index (κ2) is 4.44. The molecule has 1 heterocycles. The quantitative estimate of drug-likeness (QED) is 0.844. The smallest absolute Gasteiger partial charge is 0.245 e. The molecule has 0 aliphatic carbocycles. The van der Waals surface area contributed by atoms with Crippen molar-refractivity contribution in [1.29, 1.82) is 0 Å². The molecule has 0 saturated carbocycles. The van der Waals surface area contributed by atoms with Gasteiger partial charge < -0.3 is 0 Å². The molecule has 0 aliphatic heterocycles. The largest absolute Gasteiger partial charge is 0.276 e. The molecule has 0 radical (unpaired) electrons. The highest BCUT2D eigenvalue weighted by Gasteiger charge is 2.23. The number of nitrogens with one attached hydrogen (secondary N) is 1. The van der Waals surface area contributed by atoms with Crippen LogP contribution in [-0.4, -0.2) is 36.5 Å². The number of fused-ring (bicyclic) bond motifs is 1. The predicted octanol–water partition coefficient (Wildman–Crippen LogP) is 1.13. The Morgan fingerprint density at radius 2 is 2.22 bits per heavy atom. The number of H-pyrrole nitrogens is 1. The van der Waals surface area contributed by atoms with Crippen LogP contribution in [0.2, 0.25) is 0 Å². The van der Waals surface area contributed by atoms with E-state index in [2.05, 4.69) is 16.1 Å². The fourth-order valence-electron chi connectivity index (χ4n) is 1.75. The molecule has 0 aliphatic rings. The number of rotatable bonds is 3. The van der Waals surface area contributed by atoms with E-state index in [0.717, 1.165) is 15.3 Å². The number of sulfonamides is 1. The van der Waals surface area contributed by atoms with Crippen molar-refractivity contribution in [3.05, 3.63) is 23.9 Å². The number of hydrogen-bond donors (Lipinski definition) is 1. The van der Waals surface area contributed by atoms with Gasteiger partial charge in [0.05, 0.1) is 18.3 Å². The second-order valence-electron chi connectivity index (χ2n) is 4.06. The van der Waals surface area contributed by atoms with Gasteiger partial charge in [-0.15, -0.1) is 6.42 Å². The molecule has 0 atom stereocenters. The van der Waals surface area contributed by atoms with Gasteiger partial charge in [0.25, 0.3) is 0 Å². The molecule has 2 rings (SSSR count). The van der Waals surface area contributed by atoms with Crippen LogP contribution in [0, 0.1) is 19.3 Å². The first-order valence-electron chi connectivity index (χ1n) is 5.30. The topological polar surface area (TPSA) is 66.1 Å². The average molecular weight is 263 g/mol. The summed E-state index contributed by atoms with van der Waals surface area (Å²) in [4.78, 5) is 0.202. The maximum atomic E-state index is 12.4. The van der Waals surface area contributed by atoms with Crippen molar-refractivity contribution in [3.63, 3.8) is 0 Å². The van der Waals surface area contributed by atoms with Gasteiger partial charge in [-0.05, 0) is 24.6 Å². The molecule has 0 amide bonds. The van der Waals surface area contributed by atoms with E-state index in [1.54, 1.807) is 12.3 Å². The number of aryl methyl sites for hydroxylation is 1. The van der Waals surface area contributed by atoms with Crippen molar-refractivity contribution < 1.29 is 8.42 Å². The first-order chi connectivity index (χ1) is 8.46. The summed E-state index contributed by atoms with van der Waals surface area (Å²) in [7, 11) is -2.14. The lowest BCUT2D eigenvalue weighted by Crippen LogP contribution is -2.27. The van der Waals surface area contributed by atoms with Gasteiger partial charge in [0.1, 0.15) is 4.90 Å². The lowest BCUT2D eigenvalue weighted by Gasteiger charge is -2.15. The van der Waals surface area contributed by atoms with Crippen molar-refractivity contribution in [3.8, 4) is 12.3 Å². The average Bonchev–Trinajstić information content (AvgIpc) is 2.75. The van der Waals surface area contributed by atoms with E-state index in [4.69, 9.17) is 6.42 Å². The maximum absolute atomic E-state index is 12.4. The normalized spacial score (nSPS) is 11.9. The van der Waals surface area contributed by atoms with Crippen LogP contribution in [0.3, 0.4) is 0 Å². The maximum Gasteiger partial charge on any atom is 0.245 e. The van der Waals surface area contributed by atoms with E-state index in [9.17, 15) is 8.42 Å². The molecule has 0 unspecified atom stereocenters. The van der Waals surface area contributed by atoms with Gasteiger partial charge in [0.2, 0.25) is 10.0 Å². The lowest BCUT2D eigenvalue weighted by molar-refractivity contribution is 0.503. The summed E-state index contributed by atoms with van der Waals surface area (Å²) in [5, 5.41) is 7.35. The van der Waals surface area contributed by atoms with E-state index in [-0.39, 0.29) is 11.4 Å². The van der Waals surface area contributed by atoms with Crippen LogP contribution in [0.25, 0.3) is 10.9 Å². The molecular weight excluding hydrogens is 250 g/mol. The Kier molecular flexibility index (Phi) is 3.11. The Morgan fingerprint density at radius 3 is 2.89 bits per heavy atom. The fraction of sp³-hybridized carbons (Fsp3) is 0.250. The van der Waals surface area contributed by atoms with Gasteiger partial charge >= 0.3 is 0 Å². The minimum absolute atomic E-state index is 0.0336. The van der Waals surface area contributed by atoms with E-state index < -0.39 is 10.0 Å².